The van der Waals surface area contributed by atoms with Gasteiger partial charge in [-0.25, -0.2) is 4.98 Å². The molecule has 0 unspecified atom stereocenters. The fourth-order valence-electron chi connectivity index (χ4n) is 3.21. The number of rotatable bonds is 2. The lowest BCUT2D eigenvalue weighted by Gasteiger charge is -2.28. The highest BCUT2D eigenvalue weighted by molar-refractivity contribution is 5.94. The minimum Gasteiger partial charge on any atom is -0.334 e. The van der Waals surface area contributed by atoms with Crippen molar-refractivity contribution in [2.45, 2.75) is 13.3 Å². The maximum absolute atomic E-state index is 12.6. The van der Waals surface area contributed by atoms with Crippen LogP contribution in [0.2, 0.25) is 0 Å². The molecule has 0 bridgehead atoms. The molecule has 0 radical (unpaired) electrons. The van der Waals surface area contributed by atoms with Crippen LogP contribution < -0.4 is 5.56 Å². The van der Waals surface area contributed by atoms with Crippen LogP contribution in [-0.2, 0) is 0 Å². The van der Waals surface area contributed by atoms with E-state index in [4.69, 9.17) is 0 Å². The maximum Gasteiger partial charge on any atom is 0.282 e. The average Bonchev–Trinajstić information content (AvgIpc) is 2.69. The largest absolute Gasteiger partial charge is 0.334 e. The van der Waals surface area contributed by atoms with Crippen LogP contribution in [0.3, 0.4) is 0 Å². The van der Waals surface area contributed by atoms with Gasteiger partial charge in [-0.15, -0.1) is 0 Å². The van der Waals surface area contributed by atoms with Crippen molar-refractivity contribution in [1.29, 1.82) is 0 Å². The lowest BCUT2D eigenvalue weighted by Crippen LogP contribution is -2.35. The maximum atomic E-state index is 12.6. The highest BCUT2D eigenvalue weighted by Gasteiger charge is 2.21. The van der Waals surface area contributed by atoms with Gasteiger partial charge in [0.2, 0.25) is 0 Å². The molecule has 0 spiro atoms. The Hall–Kier alpha value is -3.35. The number of hydrogen-bond donors (Lipinski definition) is 0. The molecule has 0 aromatic carbocycles. The van der Waals surface area contributed by atoms with Gasteiger partial charge in [0, 0.05) is 43.8 Å². The molecule has 1 aliphatic rings. The van der Waals surface area contributed by atoms with E-state index in [0.29, 0.717) is 41.9 Å². The number of hydrogen-bond acceptors (Lipinski definition) is 5. The molecule has 26 heavy (non-hydrogen) atoms. The van der Waals surface area contributed by atoms with Crippen molar-refractivity contribution in [3.8, 4) is 0 Å². The number of pyridine rings is 2. The van der Waals surface area contributed by atoms with Gasteiger partial charge < -0.3 is 4.90 Å². The molecule has 1 aliphatic heterocycles. The minimum atomic E-state index is -0.272. The third-order valence-corrected chi connectivity index (χ3v) is 4.48. The first-order chi connectivity index (χ1) is 12.6. The van der Waals surface area contributed by atoms with Crippen molar-refractivity contribution in [3.63, 3.8) is 0 Å². The molecule has 0 N–H and O–H groups in total. The molecule has 0 saturated carbocycles. The molecule has 0 aliphatic carbocycles. The summed E-state index contributed by atoms with van der Waals surface area (Å²) in [6.45, 7) is 2.87. The van der Waals surface area contributed by atoms with Gasteiger partial charge in [-0.2, -0.15) is 4.98 Å². The van der Waals surface area contributed by atoms with Crippen molar-refractivity contribution in [3.05, 3.63) is 70.7 Å². The van der Waals surface area contributed by atoms with Gasteiger partial charge in [-0.3, -0.25) is 19.1 Å². The monoisotopic (exact) mass is 347 g/mol. The molecule has 4 heterocycles. The Morgan fingerprint density at radius 3 is 2.77 bits per heavy atom. The zero-order chi connectivity index (χ0) is 18.1. The molecule has 7 heteroatoms. The predicted molar refractivity (Wildman–Crippen MR) is 97.6 cm³/mol. The van der Waals surface area contributed by atoms with Gasteiger partial charge in [-0.05, 0) is 37.3 Å². The minimum absolute atomic E-state index is 0.0360. The van der Waals surface area contributed by atoms with Gasteiger partial charge in [-0.1, -0.05) is 0 Å². The molecule has 0 fully saturated rings. The van der Waals surface area contributed by atoms with E-state index < -0.39 is 0 Å². The Bertz CT molecular complexity index is 1070. The Morgan fingerprint density at radius 1 is 1.19 bits per heavy atom. The smallest absolute Gasteiger partial charge is 0.282 e. The number of amides is 1. The van der Waals surface area contributed by atoms with Crippen LogP contribution in [0, 0.1) is 6.92 Å². The van der Waals surface area contributed by atoms with Gasteiger partial charge in [0.05, 0.1) is 10.9 Å². The van der Waals surface area contributed by atoms with Crippen molar-refractivity contribution in [2.24, 2.45) is 0 Å². The second-order valence-electron chi connectivity index (χ2n) is 6.11. The van der Waals surface area contributed by atoms with E-state index in [1.807, 2.05) is 10.6 Å². The van der Waals surface area contributed by atoms with Crippen LogP contribution in [0.15, 0.2) is 53.7 Å². The highest BCUT2D eigenvalue weighted by atomic mass is 16.2. The summed E-state index contributed by atoms with van der Waals surface area (Å²) in [5.74, 6) is 0.561. The standard InChI is InChI=1S/C19H17N5O2/c1-13-22-18(25)16-5-3-9-21-17(16)24(13)15-6-10-23(11-7-15)19(26)14-4-2-8-20-12-14/h2-6,8-9,12H,7,10-11H2,1H3. The number of carbonyl (C=O) groups excluding carboxylic acids is 1. The number of nitrogens with zero attached hydrogens (tertiary/aromatic N) is 5. The third-order valence-electron chi connectivity index (χ3n) is 4.48. The van der Waals surface area contributed by atoms with Crippen LogP contribution in [-0.4, -0.2) is 43.4 Å². The molecular weight excluding hydrogens is 330 g/mol. The normalized spacial score (nSPS) is 14.3. The molecule has 3 aromatic heterocycles. The number of aromatic nitrogens is 4. The highest BCUT2D eigenvalue weighted by Crippen LogP contribution is 2.21. The summed E-state index contributed by atoms with van der Waals surface area (Å²) in [5.41, 5.74) is 1.90. The molecule has 0 atom stereocenters. The molecule has 7 nitrogen and oxygen atoms in total. The van der Waals surface area contributed by atoms with Gasteiger partial charge in [0.1, 0.15) is 5.82 Å². The van der Waals surface area contributed by atoms with E-state index in [9.17, 15) is 9.59 Å². The summed E-state index contributed by atoms with van der Waals surface area (Å²) in [6, 6.07) is 6.98. The van der Waals surface area contributed by atoms with Crippen LogP contribution in [0.4, 0.5) is 0 Å². The third kappa shape index (κ3) is 2.77. The summed E-state index contributed by atoms with van der Waals surface area (Å²) in [5, 5.41) is 0.493. The van der Waals surface area contributed by atoms with Gasteiger partial charge in [0.15, 0.2) is 5.65 Å². The van der Waals surface area contributed by atoms with E-state index in [0.717, 1.165) is 5.70 Å². The van der Waals surface area contributed by atoms with E-state index in [2.05, 4.69) is 15.0 Å². The number of aryl methyl sites for hydroxylation is 1. The summed E-state index contributed by atoms with van der Waals surface area (Å²) in [6.07, 6.45) is 7.54. The summed E-state index contributed by atoms with van der Waals surface area (Å²) in [7, 11) is 0. The Morgan fingerprint density at radius 2 is 2.04 bits per heavy atom. The summed E-state index contributed by atoms with van der Waals surface area (Å²) < 4.78 is 1.91. The Labute approximate surface area is 149 Å². The van der Waals surface area contributed by atoms with E-state index in [1.54, 1.807) is 54.7 Å². The molecular formula is C19H17N5O2. The average molecular weight is 347 g/mol. The molecule has 130 valence electrons. The van der Waals surface area contributed by atoms with Crippen LogP contribution in [0.1, 0.15) is 22.6 Å². The van der Waals surface area contributed by atoms with Crippen molar-refractivity contribution < 1.29 is 4.79 Å². The van der Waals surface area contributed by atoms with Gasteiger partial charge >= 0.3 is 0 Å². The summed E-state index contributed by atoms with van der Waals surface area (Å²) >= 11 is 0. The van der Waals surface area contributed by atoms with E-state index in [-0.39, 0.29) is 11.5 Å². The molecule has 3 aromatic rings. The second-order valence-corrected chi connectivity index (χ2v) is 6.11. The van der Waals surface area contributed by atoms with Crippen molar-refractivity contribution >= 4 is 22.6 Å². The Kier molecular flexibility index (Phi) is 4.04. The first kappa shape index (κ1) is 16.1. The molecule has 1 amide bonds. The fourth-order valence-corrected chi connectivity index (χ4v) is 3.21. The first-order valence-electron chi connectivity index (χ1n) is 8.38. The number of fused-ring (bicyclic) bond motifs is 1. The Balaban J connectivity index is 1.67. The van der Waals surface area contributed by atoms with Crippen molar-refractivity contribution in [2.75, 3.05) is 13.1 Å². The fraction of sp³-hybridized carbons (Fsp3) is 0.211. The quantitative estimate of drug-likeness (QED) is 0.707. The second kappa shape index (κ2) is 6.51. The number of carbonyl (C=O) groups is 1. The topological polar surface area (TPSA) is 81.0 Å². The lowest BCUT2D eigenvalue weighted by molar-refractivity contribution is 0.0771. The van der Waals surface area contributed by atoms with E-state index in [1.165, 1.54) is 0 Å². The first-order valence-corrected chi connectivity index (χ1v) is 8.38. The lowest BCUT2D eigenvalue weighted by atomic mass is 10.1. The molecule has 0 saturated heterocycles. The zero-order valence-electron chi connectivity index (χ0n) is 14.3. The van der Waals surface area contributed by atoms with Crippen molar-refractivity contribution in [1.82, 2.24) is 24.4 Å². The molecule has 4 rings (SSSR count). The van der Waals surface area contributed by atoms with Crippen LogP contribution in [0.25, 0.3) is 16.7 Å². The predicted octanol–water partition coefficient (Wildman–Crippen LogP) is 1.88. The van der Waals surface area contributed by atoms with Crippen LogP contribution in [0.5, 0.6) is 0 Å². The van der Waals surface area contributed by atoms with Gasteiger partial charge in [0.25, 0.3) is 11.5 Å². The van der Waals surface area contributed by atoms with E-state index >= 15 is 0 Å². The SMILES string of the molecule is Cc1nc(=O)c2cccnc2n1C1=CCN(C(=O)c2cccnc2)CC1. The van der Waals surface area contributed by atoms with Crippen LogP contribution >= 0.6 is 0 Å². The zero-order valence-corrected chi connectivity index (χ0v) is 14.3. The summed E-state index contributed by atoms with van der Waals surface area (Å²) in [4.78, 5) is 38.9.